The van der Waals surface area contributed by atoms with Gasteiger partial charge in [0.15, 0.2) is 0 Å². The minimum Gasteiger partial charge on any atom is -0.393 e. The van der Waals surface area contributed by atoms with Crippen LogP contribution in [-0.4, -0.2) is 17.9 Å². The van der Waals surface area contributed by atoms with Crippen molar-refractivity contribution in [2.75, 3.05) is 0 Å². The molecular formula is C13H24BNO. The molecule has 0 amide bonds. The Morgan fingerprint density at radius 2 is 2.00 bits per heavy atom. The molecule has 0 aromatic carbocycles. The Balaban J connectivity index is 2.33. The second-order valence-corrected chi connectivity index (χ2v) is 5.34. The van der Waals surface area contributed by atoms with Gasteiger partial charge in [0, 0.05) is 5.97 Å². The van der Waals surface area contributed by atoms with Gasteiger partial charge in [0.2, 0.25) is 0 Å². The van der Waals surface area contributed by atoms with E-state index in [0.717, 1.165) is 31.0 Å². The summed E-state index contributed by atoms with van der Waals surface area (Å²) in [6.45, 7) is 4.47. The molecule has 0 aromatic heterocycles. The van der Waals surface area contributed by atoms with Gasteiger partial charge >= 0.3 is 0 Å². The summed E-state index contributed by atoms with van der Waals surface area (Å²) < 4.78 is 0. The van der Waals surface area contributed by atoms with E-state index >= 15 is 0 Å². The number of rotatable bonds is 5. The summed E-state index contributed by atoms with van der Waals surface area (Å²) in [7, 11) is 0. The third kappa shape index (κ3) is 4.18. The zero-order valence-electron chi connectivity index (χ0n) is 10.7. The summed E-state index contributed by atoms with van der Waals surface area (Å²) >= 11 is 0. The van der Waals surface area contributed by atoms with Crippen LogP contribution in [0.4, 0.5) is 0 Å². The molecule has 16 heavy (non-hydrogen) atoms. The van der Waals surface area contributed by atoms with E-state index in [0.29, 0.717) is 0 Å². The lowest BCUT2D eigenvalue weighted by molar-refractivity contribution is 0.0890. The van der Waals surface area contributed by atoms with Crippen LogP contribution in [0.25, 0.3) is 0 Å². The van der Waals surface area contributed by atoms with Crippen molar-refractivity contribution in [1.29, 1.82) is 5.26 Å². The smallest absolute Gasteiger partial charge is 0.264 e. The minimum atomic E-state index is -0.0493. The lowest BCUT2D eigenvalue weighted by Crippen LogP contribution is -2.24. The quantitative estimate of drug-likeness (QED) is 0.724. The summed E-state index contributed by atoms with van der Waals surface area (Å²) in [5.41, 5.74) is 0. The van der Waals surface area contributed by atoms with Gasteiger partial charge in [-0.05, 0) is 37.5 Å². The fourth-order valence-electron chi connectivity index (χ4n) is 2.87. The van der Waals surface area contributed by atoms with Gasteiger partial charge in [-0.25, -0.2) is 5.26 Å². The Hall–Kier alpha value is -0.485. The number of aliphatic hydroxyl groups excluding tert-OH is 1. The van der Waals surface area contributed by atoms with E-state index in [4.69, 9.17) is 5.26 Å². The highest BCUT2D eigenvalue weighted by Gasteiger charge is 2.26. The molecule has 3 heteroatoms. The van der Waals surface area contributed by atoms with Crippen molar-refractivity contribution in [2.45, 2.75) is 64.7 Å². The zero-order chi connectivity index (χ0) is 12.0. The van der Waals surface area contributed by atoms with Gasteiger partial charge in [0.25, 0.3) is 6.71 Å². The number of aliphatic hydroxyl groups is 1. The number of hydrogen-bond donors (Lipinski definition) is 1. The molecule has 0 saturated heterocycles. The molecule has 1 saturated carbocycles. The van der Waals surface area contributed by atoms with E-state index in [2.05, 4.69) is 12.9 Å². The Labute approximate surface area is 100 Å². The van der Waals surface area contributed by atoms with Crippen LogP contribution in [0.15, 0.2) is 0 Å². The first kappa shape index (κ1) is 13.6. The third-order valence-corrected chi connectivity index (χ3v) is 4.12. The van der Waals surface area contributed by atoms with Gasteiger partial charge in [-0.2, -0.15) is 0 Å². The maximum atomic E-state index is 9.49. The van der Waals surface area contributed by atoms with Crippen LogP contribution in [0.2, 0.25) is 13.1 Å². The molecule has 1 fully saturated rings. The molecule has 1 unspecified atom stereocenters. The third-order valence-electron chi connectivity index (χ3n) is 4.12. The number of hydrogen-bond acceptors (Lipinski definition) is 2. The molecule has 0 aliphatic heterocycles. The van der Waals surface area contributed by atoms with Crippen molar-refractivity contribution >= 4 is 6.71 Å². The highest BCUT2D eigenvalue weighted by Crippen LogP contribution is 2.34. The molecule has 90 valence electrons. The molecule has 1 aliphatic rings. The Morgan fingerprint density at radius 3 is 2.50 bits per heavy atom. The Kier molecular flexibility index (Phi) is 5.91. The van der Waals surface area contributed by atoms with Crippen molar-refractivity contribution in [3.8, 4) is 5.97 Å². The monoisotopic (exact) mass is 221 g/mol. The molecule has 0 heterocycles. The zero-order valence-corrected chi connectivity index (χ0v) is 10.7. The van der Waals surface area contributed by atoms with Gasteiger partial charge in [-0.1, -0.05) is 32.9 Å². The molecule has 1 atom stereocenters. The molecule has 1 rings (SSSR count). The van der Waals surface area contributed by atoms with Crippen LogP contribution in [0.3, 0.4) is 0 Å². The van der Waals surface area contributed by atoms with Crippen LogP contribution in [0.5, 0.6) is 0 Å². The summed E-state index contributed by atoms with van der Waals surface area (Å²) in [5.74, 6) is 3.87. The standard InChI is InChI=1S/C13H24BNO/c1-3-11(8-9-14(2)10-15)12-4-6-13(16)7-5-12/h11-13,16H,3-9H2,1-2H3. The predicted molar refractivity (Wildman–Crippen MR) is 68.4 cm³/mol. The van der Waals surface area contributed by atoms with E-state index in [1.807, 2.05) is 6.82 Å². The first-order valence-corrected chi connectivity index (χ1v) is 6.75. The van der Waals surface area contributed by atoms with E-state index < -0.39 is 0 Å². The van der Waals surface area contributed by atoms with E-state index in [1.165, 1.54) is 25.7 Å². The lowest BCUT2D eigenvalue weighted by Gasteiger charge is -2.31. The highest BCUT2D eigenvalue weighted by atomic mass is 16.3. The average molecular weight is 221 g/mol. The van der Waals surface area contributed by atoms with Gasteiger partial charge < -0.3 is 5.11 Å². The SMILES string of the molecule is CCC(CCB(C)C#N)C1CCC(O)CC1. The predicted octanol–water partition coefficient (Wildman–Crippen LogP) is 3.14. The summed E-state index contributed by atoms with van der Waals surface area (Å²) in [4.78, 5) is 0. The number of nitriles is 1. The second kappa shape index (κ2) is 6.96. The molecular weight excluding hydrogens is 197 g/mol. The maximum absolute atomic E-state index is 9.49. The topological polar surface area (TPSA) is 44.0 Å². The highest BCUT2D eigenvalue weighted by molar-refractivity contribution is 6.65. The average Bonchev–Trinajstić information content (AvgIpc) is 2.31. The van der Waals surface area contributed by atoms with Gasteiger partial charge in [0.1, 0.15) is 0 Å². The summed E-state index contributed by atoms with van der Waals surface area (Å²) in [6, 6.07) is 0. The van der Waals surface area contributed by atoms with Gasteiger partial charge in [-0.3, -0.25) is 0 Å². The van der Waals surface area contributed by atoms with E-state index in [9.17, 15) is 5.11 Å². The Morgan fingerprint density at radius 1 is 1.38 bits per heavy atom. The largest absolute Gasteiger partial charge is 0.393 e. The molecule has 1 N–H and O–H groups in total. The van der Waals surface area contributed by atoms with Crippen molar-refractivity contribution in [2.24, 2.45) is 11.8 Å². The molecule has 0 radical (unpaired) electrons. The Bertz CT molecular complexity index is 231. The maximum Gasteiger partial charge on any atom is 0.264 e. The molecule has 0 aromatic rings. The van der Waals surface area contributed by atoms with Gasteiger partial charge in [-0.15, -0.1) is 0 Å². The van der Waals surface area contributed by atoms with E-state index in [-0.39, 0.29) is 12.8 Å². The van der Waals surface area contributed by atoms with Crippen molar-refractivity contribution in [1.82, 2.24) is 0 Å². The van der Waals surface area contributed by atoms with Crippen molar-refractivity contribution in [3.63, 3.8) is 0 Å². The lowest BCUT2D eigenvalue weighted by atomic mass is 9.50. The van der Waals surface area contributed by atoms with E-state index in [1.54, 1.807) is 0 Å². The first-order chi connectivity index (χ1) is 7.67. The molecule has 0 bridgehead atoms. The summed E-state index contributed by atoms with van der Waals surface area (Å²) in [6.07, 6.45) is 7.72. The van der Waals surface area contributed by atoms with Crippen LogP contribution >= 0.6 is 0 Å². The van der Waals surface area contributed by atoms with Crippen LogP contribution in [0.1, 0.15) is 45.4 Å². The molecule has 2 nitrogen and oxygen atoms in total. The van der Waals surface area contributed by atoms with Crippen LogP contribution < -0.4 is 0 Å². The molecule has 0 spiro atoms. The van der Waals surface area contributed by atoms with Crippen LogP contribution in [-0.2, 0) is 0 Å². The first-order valence-electron chi connectivity index (χ1n) is 6.75. The van der Waals surface area contributed by atoms with Crippen molar-refractivity contribution < 1.29 is 5.11 Å². The fourth-order valence-corrected chi connectivity index (χ4v) is 2.87. The number of nitrogens with zero attached hydrogens (tertiary/aromatic N) is 1. The van der Waals surface area contributed by atoms with Gasteiger partial charge in [0.05, 0.1) is 6.10 Å². The van der Waals surface area contributed by atoms with Crippen molar-refractivity contribution in [3.05, 3.63) is 0 Å². The fraction of sp³-hybridized carbons (Fsp3) is 0.923. The minimum absolute atomic E-state index is 0.0493. The summed E-state index contributed by atoms with van der Waals surface area (Å²) in [5, 5.41) is 18.3. The normalized spacial score (nSPS) is 27.1. The molecule has 1 aliphatic carbocycles. The van der Waals surface area contributed by atoms with Crippen LogP contribution in [0, 0.1) is 23.1 Å². The second-order valence-electron chi connectivity index (χ2n) is 5.34.